The van der Waals surface area contributed by atoms with E-state index in [1.54, 1.807) is 6.20 Å². The smallest absolute Gasteiger partial charge is 0.264 e. The molecule has 2 N–H and O–H groups in total. The molecule has 0 aliphatic carbocycles. The number of aryl methyl sites for hydroxylation is 1. The van der Waals surface area contributed by atoms with Gasteiger partial charge in [-0.3, -0.25) is 4.79 Å². The first kappa shape index (κ1) is 15.0. The first-order chi connectivity index (χ1) is 10.7. The van der Waals surface area contributed by atoms with Crippen molar-refractivity contribution in [3.05, 3.63) is 46.3 Å². The number of morpholine rings is 1. The molecule has 2 aromatic heterocycles. The van der Waals surface area contributed by atoms with Gasteiger partial charge in [0.05, 0.1) is 17.6 Å². The molecule has 0 unspecified atom stereocenters. The second-order valence-electron chi connectivity index (χ2n) is 5.35. The summed E-state index contributed by atoms with van der Waals surface area (Å²) < 4.78 is 5.79. The number of anilines is 1. The second-order valence-corrected chi connectivity index (χ2v) is 6.30. The maximum atomic E-state index is 12.4. The van der Waals surface area contributed by atoms with Crippen molar-refractivity contribution in [3.63, 3.8) is 0 Å². The lowest BCUT2D eigenvalue weighted by Crippen LogP contribution is -2.45. The van der Waals surface area contributed by atoms with E-state index in [1.165, 1.54) is 11.3 Å². The molecular weight excluding hydrogens is 298 g/mol. The lowest BCUT2D eigenvalue weighted by molar-refractivity contribution is -0.0244. The van der Waals surface area contributed by atoms with Crippen molar-refractivity contribution in [1.29, 1.82) is 0 Å². The third kappa shape index (κ3) is 3.64. The van der Waals surface area contributed by atoms with E-state index in [1.807, 2.05) is 34.5 Å². The molecule has 0 saturated carbocycles. The predicted molar refractivity (Wildman–Crippen MR) is 86.9 cm³/mol. The van der Waals surface area contributed by atoms with Crippen LogP contribution in [0, 0.1) is 0 Å². The van der Waals surface area contributed by atoms with Gasteiger partial charge in [0, 0.05) is 19.3 Å². The Balaban J connectivity index is 1.55. The normalized spacial score (nSPS) is 18.4. The standard InChI is InChI=1S/C16H19N3O2S/c17-15-10-12(5-6-18-15)3-4-13-11-19(7-8-21-13)16(20)14-2-1-9-22-14/h1-2,5-6,9-10,13H,3-4,7-8,11H2,(H2,17,18)/t13-/m0/s1. The number of aromatic nitrogens is 1. The number of carbonyl (C=O) groups is 1. The number of hydrogen-bond acceptors (Lipinski definition) is 5. The van der Waals surface area contributed by atoms with Crippen LogP contribution >= 0.6 is 11.3 Å². The molecule has 1 aliphatic heterocycles. The highest BCUT2D eigenvalue weighted by Crippen LogP contribution is 2.17. The van der Waals surface area contributed by atoms with Crippen molar-refractivity contribution in [2.75, 3.05) is 25.4 Å². The largest absolute Gasteiger partial charge is 0.384 e. The van der Waals surface area contributed by atoms with E-state index in [4.69, 9.17) is 10.5 Å². The van der Waals surface area contributed by atoms with E-state index in [2.05, 4.69) is 4.98 Å². The van der Waals surface area contributed by atoms with Crippen LogP contribution in [0.15, 0.2) is 35.8 Å². The van der Waals surface area contributed by atoms with Gasteiger partial charge in [-0.1, -0.05) is 6.07 Å². The van der Waals surface area contributed by atoms with Crippen molar-refractivity contribution in [1.82, 2.24) is 9.88 Å². The van der Waals surface area contributed by atoms with Crippen LogP contribution in [0.5, 0.6) is 0 Å². The fourth-order valence-corrected chi connectivity index (χ4v) is 3.30. The molecule has 0 radical (unpaired) electrons. The zero-order valence-electron chi connectivity index (χ0n) is 12.3. The van der Waals surface area contributed by atoms with E-state index in [0.717, 1.165) is 23.3 Å². The summed E-state index contributed by atoms with van der Waals surface area (Å²) in [5.41, 5.74) is 6.84. The topological polar surface area (TPSA) is 68.5 Å². The molecule has 0 bridgehead atoms. The quantitative estimate of drug-likeness (QED) is 0.938. The van der Waals surface area contributed by atoms with Crippen molar-refractivity contribution in [2.45, 2.75) is 18.9 Å². The Bertz CT molecular complexity index is 630. The molecule has 1 amide bonds. The van der Waals surface area contributed by atoms with Crippen LogP contribution in [0.25, 0.3) is 0 Å². The van der Waals surface area contributed by atoms with Crippen LogP contribution in [0.3, 0.4) is 0 Å². The van der Waals surface area contributed by atoms with Gasteiger partial charge in [0.15, 0.2) is 0 Å². The van der Waals surface area contributed by atoms with Gasteiger partial charge in [-0.25, -0.2) is 4.98 Å². The average molecular weight is 317 g/mol. The Morgan fingerprint density at radius 1 is 1.50 bits per heavy atom. The van der Waals surface area contributed by atoms with Gasteiger partial charge < -0.3 is 15.4 Å². The number of nitrogen functional groups attached to an aromatic ring is 1. The fourth-order valence-electron chi connectivity index (χ4n) is 2.61. The number of nitrogens with zero attached hydrogens (tertiary/aromatic N) is 2. The van der Waals surface area contributed by atoms with Gasteiger partial charge >= 0.3 is 0 Å². The molecule has 1 aliphatic rings. The van der Waals surface area contributed by atoms with E-state index >= 15 is 0 Å². The van der Waals surface area contributed by atoms with Gasteiger partial charge in [-0.2, -0.15) is 0 Å². The summed E-state index contributed by atoms with van der Waals surface area (Å²) in [5, 5.41) is 1.93. The third-order valence-corrected chi connectivity index (χ3v) is 4.62. The molecule has 22 heavy (non-hydrogen) atoms. The fraction of sp³-hybridized carbons (Fsp3) is 0.375. The summed E-state index contributed by atoms with van der Waals surface area (Å²) in [6.45, 7) is 1.91. The minimum absolute atomic E-state index is 0.0760. The summed E-state index contributed by atoms with van der Waals surface area (Å²) in [6, 6.07) is 7.63. The zero-order valence-corrected chi connectivity index (χ0v) is 13.1. The van der Waals surface area contributed by atoms with E-state index in [9.17, 15) is 4.79 Å². The van der Waals surface area contributed by atoms with Crippen LogP contribution < -0.4 is 5.73 Å². The number of ether oxygens (including phenoxy) is 1. The van der Waals surface area contributed by atoms with Crippen LogP contribution in [-0.4, -0.2) is 41.6 Å². The second kappa shape index (κ2) is 6.89. The van der Waals surface area contributed by atoms with Gasteiger partial charge in [-0.05, 0) is 42.0 Å². The Morgan fingerprint density at radius 2 is 2.41 bits per heavy atom. The van der Waals surface area contributed by atoms with Crippen LogP contribution in [0.2, 0.25) is 0 Å². The summed E-state index contributed by atoms with van der Waals surface area (Å²) in [5.74, 6) is 0.646. The molecule has 116 valence electrons. The molecule has 1 saturated heterocycles. The predicted octanol–water partition coefficient (Wildman–Crippen LogP) is 2.20. The molecule has 0 spiro atoms. The zero-order chi connectivity index (χ0) is 15.4. The summed E-state index contributed by atoms with van der Waals surface area (Å²) >= 11 is 1.48. The van der Waals surface area contributed by atoms with Crippen molar-refractivity contribution in [3.8, 4) is 0 Å². The molecule has 1 atom stereocenters. The highest BCUT2D eigenvalue weighted by atomic mass is 32.1. The Kier molecular flexibility index (Phi) is 4.70. The highest BCUT2D eigenvalue weighted by molar-refractivity contribution is 7.12. The van der Waals surface area contributed by atoms with Crippen molar-refractivity contribution < 1.29 is 9.53 Å². The number of amides is 1. The van der Waals surface area contributed by atoms with Crippen LogP contribution in [-0.2, 0) is 11.2 Å². The summed E-state index contributed by atoms with van der Waals surface area (Å²) in [7, 11) is 0. The molecule has 2 aromatic rings. The monoisotopic (exact) mass is 317 g/mol. The van der Waals surface area contributed by atoms with E-state index in [0.29, 0.717) is 25.5 Å². The average Bonchev–Trinajstić information content (AvgIpc) is 3.07. The van der Waals surface area contributed by atoms with Gasteiger partial charge in [0.25, 0.3) is 5.91 Å². The number of rotatable bonds is 4. The van der Waals surface area contributed by atoms with Crippen LogP contribution in [0.4, 0.5) is 5.82 Å². The molecule has 1 fully saturated rings. The van der Waals surface area contributed by atoms with Crippen molar-refractivity contribution in [2.24, 2.45) is 0 Å². The third-order valence-electron chi connectivity index (χ3n) is 3.76. The minimum Gasteiger partial charge on any atom is -0.384 e. The Morgan fingerprint density at radius 3 is 3.18 bits per heavy atom. The van der Waals surface area contributed by atoms with Gasteiger partial charge in [0.1, 0.15) is 5.82 Å². The number of pyridine rings is 1. The lowest BCUT2D eigenvalue weighted by Gasteiger charge is -2.32. The maximum Gasteiger partial charge on any atom is 0.264 e. The first-order valence-electron chi connectivity index (χ1n) is 7.37. The summed E-state index contributed by atoms with van der Waals surface area (Å²) in [4.78, 5) is 19.1. The van der Waals surface area contributed by atoms with Crippen molar-refractivity contribution >= 4 is 23.1 Å². The van der Waals surface area contributed by atoms with E-state index in [-0.39, 0.29) is 12.0 Å². The van der Waals surface area contributed by atoms with Crippen LogP contribution in [0.1, 0.15) is 21.7 Å². The SMILES string of the molecule is Nc1cc(CC[C@H]2CN(C(=O)c3cccs3)CCO2)ccn1. The molecule has 3 rings (SSSR count). The number of nitrogens with two attached hydrogens (primary N) is 1. The minimum atomic E-state index is 0.0760. The first-order valence-corrected chi connectivity index (χ1v) is 8.25. The number of carbonyl (C=O) groups excluding carboxylic acids is 1. The molecule has 3 heterocycles. The number of hydrogen-bond donors (Lipinski definition) is 1. The lowest BCUT2D eigenvalue weighted by atomic mass is 10.1. The molecule has 0 aromatic carbocycles. The Labute approximate surface area is 133 Å². The highest BCUT2D eigenvalue weighted by Gasteiger charge is 2.25. The molecular formula is C16H19N3O2S. The molecule has 5 nitrogen and oxygen atoms in total. The molecule has 6 heteroatoms. The summed E-state index contributed by atoms with van der Waals surface area (Å²) in [6.07, 6.45) is 3.54. The van der Waals surface area contributed by atoms with E-state index < -0.39 is 0 Å². The Hall–Kier alpha value is -1.92. The van der Waals surface area contributed by atoms with Gasteiger partial charge in [0.2, 0.25) is 0 Å². The number of thiophene rings is 1. The maximum absolute atomic E-state index is 12.4. The van der Waals surface area contributed by atoms with Gasteiger partial charge in [-0.15, -0.1) is 11.3 Å².